The average molecular weight is 2250 g/mol. The molecular formula is C98H111Cl4Cs2N21O16. The van der Waals surface area contributed by atoms with E-state index in [1.807, 2.05) is 76.0 Å². The Kier molecular flexibility index (Phi) is 52.9. The van der Waals surface area contributed by atoms with Crippen LogP contribution in [0.5, 0.6) is 29.0 Å². The normalized spacial score (nSPS) is 13.9. The van der Waals surface area contributed by atoms with E-state index in [1.165, 1.54) is 31.1 Å². The molecule has 141 heavy (non-hydrogen) atoms. The van der Waals surface area contributed by atoms with Crippen LogP contribution in [0.1, 0.15) is 189 Å². The van der Waals surface area contributed by atoms with Crippen molar-refractivity contribution in [2.24, 2.45) is 0 Å². The Morgan fingerprint density at radius 2 is 0.837 bits per heavy atom. The number of carbonyl (C=O) groups excluding carboxylic acids is 8. The van der Waals surface area contributed by atoms with Crippen LogP contribution in [0.15, 0.2) is 173 Å². The fourth-order valence-electron chi connectivity index (χ4n) is 14.1. The number of terminal acetylenes is 2. The van der Waals surface area contributed by atoms with Crippen molar-refractivity contribution in [3.05, 3.63) is 227 Å². The Labute approximate surface area is 957 Å². The number of nitrogens with zero attached hydrogens (tertiary/aromatic N) is 18. The second-order valence-corrected chi connectivity index (χ2v) is 33.4. The molecule has 15 rings (SSSR count). The van der Waals surface area contributed by atoms with E-state index >= 15 is 0 Å². The van der Waals surface area contributed by atoms with Crippen LogP contribution in [0.3, 0.4) is 0 Å². The third-order valence-corrected chi connectivity index (χ3v) is 21.1. The van der Waals surface area contributed by atoms with E-state index in [0.717, 1.165) is 81.1 Å². The van der Waals surface area contributed by atoms with Gasteiger partial charge in [0.2, 0.25) is 35.5 Å². The van der Waals surface area contributed by atoms with Crippen molar-refractivity contribution in [3.8, 4) is 65.5 Å². The molecule has 3 aliphatic rings. The van der Waals surface area contributed by atoms with Gasteiger partial charge in [-0.05, 0) is 229 Å². The summed E-state index contributed by atoms with van der Waals surface area (Å²) in [6.45, 7) is 26.2. The van der Waals surface area contributed by atoms with Crippen LogP contribution in [0.2, 0.25) is 20.2 Å². The summed E-state index contributed by atoms with van der Waals surface area (Å²) < 4.78 is 32.8. The molecule has 4 N–H and O–H groups in total. The molecule has 37 nitrogen and oxygen atoms in total. The van der Waals surface area contributed by atoms with Crippen LogP contribution >= 0.6 is 46.4 Å². The maximum absolute atomic E-state index is 13.3. The van der Waals surface area contributed by atoms with E-state index < -0.39 is 11.2 Å². The molecule has 0 saturated carbocycles. The number of aromatic nitrogens is 15. The first-order chi connectivity index (χ1) is 65.2. The van der Waals surface area contributed by atoms with Gasteiger partial charge in [0, 0.05) is 122 Å². The predicted molar refractivity (Wildman–Crippen MR) is 530 cm³/mol. The molecule has 734 valence electrons. The number of halogens is 4. The zero-order chi connectivity index (χ0) is 98.6. The number of phenolic OH excluding ortho intramolecular Hbond substituents is 1. The monoisotopic (exact) mass is 2240 g/mol. The number of aryl methyl sites for hydroxylation is 3. The first-order valence-electron chi connectivity index (χ1n) is 42.2. The number of nitrogens with one attached hydrogen (secondary N) is 3. The number of fused-ring (bicyclic) bond motifs is 3. The fourth-order valence-corrected chi connectivity index (χ4v) is 15.0. The zero-order valence-electron chi connectivity index (χ0n) is 78.7. The third kappa shape index (κ3) is 37.0. The molecule has 3 fully saturated rings. The van der Waals surface area contributed by atoms with Gasteiger partial charge in [-0.3, -0.25) is 59.7 Å². The maximum atomic E-state index is 13.3. The summed E-state index contributed by atoms with van der Waals surface area (Å²) in [5, 5.41) is 28.8. The summed E-state index contributed by atoms with van der Waals surface area (Å²) in [6, 6.07) is 24.3. The van der Waals surface area contributed by atoms with Crippen molar-refractivity contribution < 1.29 is 217 Å². The van der Waals surface area contributed by atoms with Gasteiger partial charge in [-0.1, -0.05) is 81.8 Å². The number of carbonyl (C=O) groups is 8. The standard InChI is InChI=1S/C29H32ClN7O4.C27H26ClN7O3.C25H30ClN5O4.C6H2.C4H3ClN2.C3H4O2.CH2O3.3CH4.2Cs.H/c1-18-15-19(10-13-32-18)26(38)35-27-34-21-8-9-22(40-23-11-12-31-17-33-23)24(30)25(21)37(27)20-7-5-6-14-36(16-20)28(39)41-29(2,3)4;1-3-23(36)34-13-5-4-6-19(15-34)35-25-20(7-8-21(24(25)28)38-22-10-11-29-16-31-22)32-27(35)33-26(37)18-9-12-30-17(2)14-18;1-15-13-16(10-11-27-15)22(33)29-23-28-18-8-9-19(32)20(26)21(18)31(23)17-7-5-6-12-30(14-17)24(34)35-25(2,3)4;1-3-5-6-4-2;5-4-1-2-6-3-7-4;1-2-5-3-4;2-1-4-3;;;;;;/h8-13,15,17,20H,5-7,14,16H2,1-4H3,(H,34,35,38);3,7-12,14,16,19H,1,4-6,13,15H2,2H3,(H,32,33,37);8-11,13,17,32H,5-7,12,14H2,1-4H3,(H,28,29,33);1-2H;1-3H;2-3H,1H2;1,3H;3*1H4;;;/q;;;;;;;;;;2*+1;-1/p-1/t20-;19-;17-;;;;;;;;;;/m111........../s1. The van der Waals surface area contributed by atoms with Gasteiger partial charge in [-0.2, -0.15) is 0 Å². The molecule has 0 unspecified atom stereocenters. The fraction of sp³-hybridized carbons (Fsp3) is 0.327. The number of phenols is 1. The summed E-state index contributed by atoms with van der Waals surface area (Å²) >= 11 is 25.8. The summed E-state index contributed by atoms with van der Waals surface area (Å²) in [6.07, 6.45) is 32.0. The number of rotatable bonds is 17. The minimum absolute atomic E-state index is 0. The summed E-state index contributed by atoms with van der Waals surface area (Å²) in [5.41, 5.74) is 5.63. The molecule has 12 heterocycles. The molecular weight excluding hydrogens is 2130 g/mol. The first kappa shape index (κ1) is 122. The number of anilines is 3. The van der Waals surface area contributed by atoms with Crippen molar-refractivity contribution in [2.45, 2.75) is 172 Å². The van der Waals surface area contributed by atoms with Crippen LogP contribution in [-0.2, 0) is 33.5 Å². The van der Waals surface area contributed by atoms with Gasteiger partial charge in [-0.15, -0.1) is 12.8 Å². The number of aromatic hydroxyl groups is 1. The third-order valence-electron chi connectivity index (χ3n) is 19.7. The van der Waals surface area contributed by atoms with Crippen molar-refractivity contribution in [1.82, 2.24) is 88.2 Å². The quantitative estimate of drug-likeness (QED) is 0.00961. The Balaban J connectivity index is 0.000000484. The van der Waals surface area contributed by atoms with E-state index in [1.54, 1.807) is 137 Å². The van der Waals surface area contributed by atoms with Crippen molar-refractivity contribution >= 4 is 146 Å². The molecule has 12 aromatic rings. The van der Waals surface area contributed by atoms with Gasteiger partial charge in [-0.25, -0.2) is 54.4 Å². The van der Waals surface area contributed by atoms with E-state index in [-0.39, 0.29) is 233 Å². The van der Waals surface area contributed by atoms with Crippen molar-refractivity contribution in [1.29, 1.82) is 0 Å². The molecule has 3 atom stereocenters. The smallest absolute Gasteiger partial charge is 1.00 e. The van der Waals surface area contributed by atoms with Gasteiger partial charge in [0.1, 0.15) is 67.7 Å². The summed E-state index contributed by atoms with van der Waals surface area (Å²) in [4.78, 5) is 154. The number of pyridine rings is 3. The molecule has 0 radical (unpaired) electrons. The van der Waals surface area contributed by atoms with Crippen molar-refractivity contribution in [3.63, 3.8) is 0 Å². The summed E-state index contributed by atoms with van der Waals surface area (Å²) in [5.74, 6) is 9.75. The van der Waals surface area contributed by atoms with Crippen molar-refractivity contribution in [2.75, 3.05) is 55.2 Å². The number of hydrogen-bond acceptors (Lipinski definition) is 28. The van der Waals surface area contributed by atoms with Gasteiger partial charge < -0.3 is 68.8 Å². The zero-order valence-corrected chi connectivity index (χ0v) is 93.3. The number of ether oxygens (including phenoxy) is 5. The van der Waals surface area contributed by atoms with Crippen LogP contribution in [0, 0.1) is 57.3 Å². The number of imidazole rings is 3. The summed E-state index contributed by atoms with van der Waals surface area (Å²) in [7, 11) is 0. The SMILES string of the molecule is C.C.C.C#CC#CC#C.C=CC(=O)N1CCCC[C@@H](n2c(NC(=O)c3ccnc(C)c3)nc3ccc(Oc4ccncn4)c(Cl)c32)C1.C=COC=O.Cc1cc(C(=O)Nc2nc3ccc(O)c(Cl)c3n2[C@@H]2CCCCN(C(=O)OC(C)(C)C)C2)ccn1.Cc1cc(C(=O)Nc2nc3ccc(Oc4ccncn4)c(Cl)c3n2[C@@H]2CCCCN(C(=O)OC(C)(C)C)C2)ccn1.Clc1ccncn1.O=CO[O-].[Cs+].[Cs+].[H-]. The van der Waals surface area contributed by atoms with E-state index in [9.17, 15) is 33.9 Å². The first-order valence-corrected chi connectivity index (χ1v) is 43.7. The predicted octanol–water partition coefficient (Wildman–Crippen LogP) is 12.6. The Morgan fingerprint density at radius 3 is 1.13 bits per heavy atom. The van der Waals surface area contributed by atoms with Crippen LogP contribution in [0.4, 0.5) is 27.4 Å². The van der Waals surface area contributed by atoms with Crippen LogP contribution < -0.4 is 168 Å². The molecule has 0 spiro atoms. The molecule has 9 aromatic heterocycles. The van der Waals surface area contributed by atoms with Gasteiger partial charge in [0.15, 0.2) is 0 Å². The number of amides is 6. The second kappa shape index (κ2) is 61.0. The molecule has 0 bridgehead atoms. The van der Waals surface area contributed by atoms with E-state index in [2.05, 4.69) is 112 Å². The van der Waals surface area contributed by atoms with Gasteiger partial charge in [0.05, 0.1) is 57.5 Å². The van der Waals surface area contributed by atoms with Crippen LogP contribution in [-0.4, -0.2) is 193 Å². The molecule has 3 aromatic carbocycles. The topological polar surface area (TPSA) is 451 Å². The minimum atomic E-state index is -0.626. The number of likely N-dealkylation sites (tertiary alicyclic amines) is 3. The van der Waals surface area contributed by atoms with E-state index in [0.29, 0.717) is 152 Å². The Morgan fingerprint density at radius 1 is 0.489 bits per heavy atom. The van der Waals surface area contributed by atoms with Crippen LogP contribution in [0.25, 0.3) is 33.1 Å². The van der Waals surface area contributed by atoms with Gasteiger partial charge in [0.25, 0.3) is 30.7 Å². The Hall–Kier alpha value is -11.1. The van der Waals surface area contributed by atoms with Gasteiger partial charge >= 0.3 is 150 Å². The second-order valence-electron chi connectivity index (χ2n) is 31.8. The van der Waals surface area contributed by atoms with E-state index in [4.69, 9.17) is 103 Å². The molecule has 3 aliphatic heterocycles. The number of benzene rings is 3. The molecule has 0 aliphatic carbocycles. The average Bonchev–Trinajstić information content (AvgIpc) is 1.61. The number of hydrogen-bond donors (Lipinski definition) is 4. The largest absolute Gasteiger partial charge is 1.00 e. The maximum Gasteiger partial charge on any atom is 1.00 e. The molecule has 3 saturated heterocycles. The molecule has 6 amide bonds. The Bertz CT molecular complexity index is 6350. The molecule has 43 heteroatoms. The minimum Gasteiger partial charge on any atom is -1.00 e.